The van der Waals surface area contributed by atoms with Gasteiger partial charge in [0.25, 0.3) is 5.91 Å². The van der Waals surface area contributed by atoms with Crippen molar-refractivity contribution in [3.05, 3.63) is 34.9 Å². The van der Waals surface area contributed by atoms with E-state index in [2.05, 4.69) is 10.1 Å². The minimum atomic E-state index is -0.113. The van der Waals surface area contributed by atoms with Gasteiger partial charge < -0.3 is 13.8 Å². The van der Waals surface area contributed by atoms with Gasteiger partial charge in [-0.25, -0.2) is 0 Å². The Morgan fingerprint density at radius 1 is 1.41 bits per heavy atom. The lowest BCUT2D eigenvalue weighted by atomic mass is 10.1. The van der Waals surface area contributed by atoms with Crippen molar-refractivity contribution in [3.8, 4) is 0 Å². The van der Waals surface area contributed by atoms with Crippen LogP contribution in [0.2, 0.25) is 0 Å². The first-order valence-corrected chi connectivity index (χ1v) is 7.69. The van der Waals surface area contributed by atoms with Crippen molar-refractivity contribution in [2.24, 2.45) is 0 Å². The zero-order valence-electron chi connectivity index (χ0n) is 13.4. The Labute approximate surface area is 129 Å². The fourth-order valence-corrected chi connectivity index (χ4v) is 2.89. The van der Waals surface area contributed by atoms with Crippen molar-refractivity contribution >= 4 is 5.91 Å². The molecule has 6 nitrogen and oxygen atoms in total. The van der Waals surface area contributed by atoms with Crippen LogP contribution in [0.25, 0.3) is 0 Å². The lowest BCUT2D eigenvalue weighted by Crippen LogP contribution is -2.31. The van der Waals surface area contributed by atoms with E-state index in [0.29, 0.717) is 29.6 Å². The number of likely N-dealkylation sites (tertiary alicyclic amines) is 1. The summed E-state index contributed by atoms with van der Waals surface area (Å²) in [4.78, 5) is 19.1. The number of amides is 1. The topological polar surface area (TPSA) is 72.4 Å². The fraction of sp³-hybridized carbons (Fsp3) is 0.562. The quantitative estimate of drug-likeness (QED) is 0.869. The SMILES string of the molecule is Cc1cc(C(=O)N2CCC[C@@H]2c2noc(C(C)C)n2)c(C)o1. The van der Waals surface area contributed by atoms with Crippen molar-refractivity contribution in [2.45, 2.75) is 52.5 Å². The van der Waals surface area contributed by atoms with Gasteiger partial charge in [0.2, 0.25) is 5.89 Å². The van der Waals surface area contributed by atoms with Crippen LogP contribution in [0.4, 0.5) is 0 Å². The van der Waals surface area contributed by atoms with E-state index in [1.807, 2.05) is 32.6 Å². The van der Waals surface area contributed by atoms with E-state index in [0.717, 1.165) is 18.6 Å². The molecule has 22 heavy (non-hydrogen) atoms. The standard InChI is InChI=1S/C16H21N3O3/c1-9(2)15-17-14(18-22-15)13-6-5-7-19(13)16(20)12-8-10(3)21-11(12)4/h8-9,13H,5-7H2,1-4H3/t13-/m1/s1. The molecule has 1 aliphatic heterocycles. The average molecular weight is 303 g/mol. The van der Waals surface area contributed by atoms with Crippen LogP contribution in [0.1, 0.15) is 72.2 Å². The molecule has 3 rings (SSSR count). The van der Waals surface area contributed by atoms with Gasteiger partial charge in [0.15, 0.2) is 5.82 Å². The minimum absolute atomic E-state index is 0.0206. The smallest absolute Gasteiger partial charge is 0.258 e. The lowest BCUT2D eigenvalue weighted by molar-refractivity contribution is 0.0726. The van der Waals surface area contributed by atoms with Gasteiger partial charge in [-0.3, -0.25) is 4.79 Å². The van der Waals surface area contributed by atoms with Crippen molar-refractivity contribution in [1.82, 2.24) is 15.0 Å². The predicted octanol–water partition coefficient (Wildman–Crippen LogP) is 3.38. The molecule has 0 aliphatic carbocycles. The predicted molar refractivity (Wildman–Crippen MR) is 79.6 cm³/mol. The second-order valence-corrected chi connectivity index (χ2v) is 6.13. The third-order valence-electron chi connectivity index (χ3n) is 4.03. The first-order chi connectivity index (χ1) is 10.5. The Morgan fingerprint density at radius 2 is 2.18 bits per heavy atom. The number of hydrogen-bond donors (Lipinski definition) is 0. The third kappa shape index (κ3) is 2.53. The van der Waals surface area contributed by atoms with Crippen molar-refractivity contribution in [1.29, 1.82) is 0 Å². The number of carbonyl (C=O) groups is 1. The van der Waals surface area contributed by atoms with Crippen LogP contribution in [0.15, 0.2) is 15.0 Å². The van der Waals surface area contributed by atoms with E-state index in [4.69, 9.17) is 8.94 Å². The molecule has 0 N–H and O–H groups in total. The van der Waals surface area contributed by atoms with Gasteiger partial charge in [-0.2, -0.15) is 4.98 Å². The highest BCUT2D eigenvalue weighted by Gasteiger charge is 2.35. The van der Waals surface area contributed by atoms with Gasteiger partial charge in [-0.05, 0) is 32.8 Å². The molecule has 1 aliphatic rings. The van der Waals surface area contributed by atoms with Crippen LogP contribution in [0.3, 0.4) is 0 Å². The van der Waals surface area contributed by atoms with Gasteiger partial charge in [-0.15, -0.1) is 0 Å². The van der Waals surface area contributed by atoms with Crippen LogP contribution in [0, 0.1) is 13.8 Å². The van der Waals surface area contributed by atoms with E-state index >= 15 is 0 Å². The molecule has 0 radical (unpaired) electrons. The molecule has 2 aromatic rings. The van der Waals surface area contributed by atoms with Crippen LogP contribution >= 0.6 is 0 Å². The van der Waals surface area contributed by atoms with Gasteiger partial charge in [-0.1, -0.05) is 19.0 Å². The first kappa shape index (κ1) is 14.8. The molecule has 1 saturated heterocycles. The van der Waals surface area contributed by atoms with E-state index in [1.165, 1.54) is 0 Å². The second kappa shape index (κ2) is 5.59. The summed E-state index contributed by atoms with van der Waals surface area (Å²) in [6.45, 7) is 8.38. The van der Waals surface area contributed by atoms with Crippen LogP contribution in [-0.4, -0.2) is 27.5 Å². The zero-order valence-corrected chi connectivity index (χ0v) is 13.4. The molecule has 0 aromatic carbocycles. The molecule has 3 heterocycles. The highest BCUT2D eigenvalue weighted by Crippen LogP contribution is 2.33. The summed E-state index contributed by atoms with van der Waals surface area (Å²) < 4.78 is 10.8. The number of nitrogens with zero attached hydrogens (tertiary/aromatic N) is 3. The van der Waals surface area contributed by atoms with Crippen molar-refractivity contribution in [3.63, 3.8) is 0 Å². The Balaban J connectivity index is 1.86. The largest absolute Gasteiger partial charge is 0.466 e. The Bertz CT molecular complexity index is 687. The molecule has 0 bridgehead atoms. The molecular formula is C16H21N3O3. The molecular weight excluding hydrogens is 282 g/mol. The maximum absolute atomic E-state index is 12.8. The second-order valence-electron chi connectivity index (χ2n) is 6.13. The monoisotopic (exact) mass is 303 g/mol. The van der Waals surface area contributed by atoms with Crippen LogP contribution in [-0.2, 0) is 0 Å². The summed E-state index contributed by atoms with van der Waals surface area (Å²) in [7, 11) is 0. The molecule has 0 saturated carbocycles. The number of furan rings is 1. The number of hydrogen-bond acceptors (Lipinski definition) is 5. The third-order valence-corrected chi connectivity index (χ3v) is 4.03. The molecule has 2 aromatic heterocycles. The average Bonchev–Trinajstić information content (AvgIpc) is 3.15. The van der Waals surface area contributed by atoms with E-state index in [1.54, 1.807) is 6.07 Å². The van der Waals surface area contributed by atoms with Gasteiger partial charge in [0, 0.05) is 12.5 Å². The van der Waals surface area contributed by atoms with Crippen LogP contribution in [0.5, 0.6) is 0 Å². The molecule has 118 valence electrons. The summed E-state index contributed by atoms with van der Waals surface area (Å²) in [6, 6.07) is 1.68. The van der Waals surface area contributed by atoms with E-state index in [9.17, 15) is 4.79 Å². The summed E-state index contributed by atoms with van der Waals surface area (Å²) in [5, 5.41) is 4.07. The molecule has 1 atom stereocenters. The molecule has 6 heteroatoms. The van der Waals surface area contributed by atoms with Crippen molar-refractivity contribution in [2.75, 3.05) is 6.54 Å². The maximum atomic E-state index is 12.8. The normalized spacial score (nSPS) is 18.4. The van der Waals surface area contributed by atoms with E-state index < -0.39 is 0 Å². The lowest BCUT2D eigenvalue weighted by Gasteiger charge is -2.21. The molecule has 0 unspecified atom stereocenters. The molecule has 1 fully saturated rings. The van der Waals surface area contributed by atoms with Crippen molar-refractivity contribution < 1.29 is 13.7 Å². The molecule has 0 spiro atoms. The van der Waals surface area contributed by atoms with Gasteiger partial charge in [0.1, 0.15) is 11.5 Å². The fourth-order valence-electron chi connectivity index (χ4n) is 2.89. The number of rotatable bonds is 3. The maximum Gasteiger partial charge on any atom is 0.258 e. The Hall–Kier alpha value is -2.11. The number of aromatic nitrogens is 2. The summed E-state index contributed by atoms with van der Waals surface area (Å²) in [6.07, 6.45) is 1.80. The minimum Gasteiger partial charge on any atom is -0.466 e. The molecule has 1 amide bonds. The van der Waals surface area contributed by atoms with Gasteiger partial charge in [0.05, 0.1) is 11.6 Å². The first-order valence-electron chi connectivity index (χ1n) is 7.69. The zero-order chi connectivity index (χ0) is 15.9. The summed E-state index contributed by atoms with van der Waals surface area (Å²) in [5.41, 5.74) is 0.622. The number of aryl methyl sites for hydroxylation is 2. The summed E-state index contributed by atoms with van der Waals surface area (Å²) >= 11 is 0. The Kier molecular flexibility index (Phi) is 3.76. The highest BCUT2D eigenvalue weighted by molar-refractivity contribution is 5.95. The summed E-state index contributed by atoms with van der Waals surface area (Å²) in [5.74, 6) is 2.79. The Morgan fingerprint density at radius 3 is 2.77 bits per heavy atom. The highest BCUT2D eigenvalue weighted by atomic mass is 16.5. The van der Waals surface area contributed by atoms with Gasteiger partial charge >= 0.3 is 0 Å². The number of carbonyl (C=O) groups excluding carboxylic acids is 1. The van der Waals surface area contributed by atoms with E-state index in [-0.39, 0.29) is 17.9 Å². The van der Waals surface area contributed by atoms with Crippen LogP contribution < -0.4 is 0 Å².